The Bertz CT molecular complexity index is 1240. The number of aryl methyl sites for hydroxylation is 1. The van der Waals surface area contributed by atoms with Crippen molar-refractivity contribution < 1.29 is 4.79 Å². The van der Waals surface area contributed by atoms with Crippen LogP contribution in [0.25, 0.3) is 16.6 Å². The van der Waals surface area contributed by atoms with Gasteiger partial charge in [0.25, 0.3) is 5.56 Å². The number of rotatable bonds is 3. The molecule has 0 unspecified atom stereocenters. The predicted molar refractivity (Wildman–Crippen MR) is 139 cm³/mol. The molecule has 4 aromatic rings. The molecule has 1 fully saturated rings. The number of nitrogens with one attached hydrogen (secondary N) is 1. The van der Waals surface area contributed by atoms with Crippen molar-refractivity contribution >= 4 is 16.8 Å². The van der Waals surface area contributed by atoms with Gasteiger partial charge in [0.1, 0.15) is 0 Å². The van der Waals surface area contributed by atoms with Gasteiger partial charge in [-0.3, -0.25) is 14.2 Å². The second kappa shape index (κ2) is 12.6. The summed E-state index contributed by atoms with van der Waals surface area (Å²) in [5.74, 6) is -0.394. The van der Waals surface area contributed by atoms with Crippen LogP contribution in [-0.4, -0.2) is 15.5 Å². The molecule has 0 aliphatic heterocycles. The molecule has 1 amide bonds. The molecule has 2 heterocycles. The Morgan fingerprint density at radius 2 is 1.59 bits per heavy atom. The highest BCUT2D eigenvalue weighted by Crippen LogP contribution is 2.18. The number of hydrogen-bond acceptors (Lipinski definition) is 3. The van der Waals surface area contributed by atoms with E-state index in [0.29, 0.717) is 12.1 Å². The normalized spacial score (nSPS) is 12.8. The molecule has 5 N–H and O–H groups in total. The van der Waals surface area contributed by atoms with Crippen LogP contribution < -0.4 is 17.0 Å². The van der Waals surface area contributed by atoms with Gasteiger partial charge in [-0.1, -0.05) is 62.8 Å². The van der Waals surface area contributed by atoms with Crippen LogP contribution in [0.4, 0.5) is 0 Å². The number of primary amides is 1. The summed E-state index contributed by atoms with van der Waals surface area (Å²) in [6.45, 7) is 2.53. The third-order valence-electron chi connectivity index (χ3n) is 5.95. The number of H-pyrrole nitrogens is 1. The van der Waals surface area contributed by atoms with Crippen molar-refractivity contribution in [2.75, 3.05) is 0 Å². The van der Waals surface area contributed by atoms with E-state index in [1.165, 1.54) is 50.2 Å². The Morgan fingerprint density at radius 3 is 2.15 bits per heavy atom. The molecule has 6 heteroatoms. The van der Waals surface area contributed by atoms with Crippen LogP contribution in [0.1, 0.15) is 60.0 Å². The smallest absolute Gasteiger partial charge is 0.255 e. The number of carbonyl (C=O) groups is 1. The van der Waals surface area contributed by atoms with Crippen LogP contribution in [0, 0.1) is 6.92 Å². The Morgan fingerprint density at radius 1 is 0.941 bits per heavy atom. The lowest BCUT2D eigenvalue weighted by molar-refractivity contribution is 0.100. The number of pyridine rings is 1. The molecule has 1 aliphatic rings. The first kappa shape index (κ1) is 25.0. The van der Waals surface area contributed by atoms with Crippen molar-refractivity contribution in [1.29, 1.82) is 0 Å². The number of aromatic amines is 1. The fraction of sp³-hybridized carbons (Fsp3) is 0.286. The van der Waals surface area contributed by atoms with E-state index in [2.05, 4.69) is 4.98 Å². The number of hydrogen-bond donors (Lipinski definition) is 3. The SMILES string of the molecule is C1CCCCC1.Cc1c[nH]c2cc(C(N)=O)ccc12.NCc1ccc(-n2ccccc2=O)cc1. The number of carbonyl (C=O) groups excluding carboxylic acids is 1. The van der Waals surface area contributed by atoms with E-state index in [0.717, 1.165) is 22.2 Å². The van der Waals surface area contributed by atoms with E-state index < -0.39 is 5.91 Å². The molecule has 1 aliphatic carbocycles. The van der Waals surface area contributed by atoms with Gasteiger partial charge in [-0.2, -0.15) is 0 Å². The number of aromatic nitrogens is 2. The monoisotopic (exact) mass is 458 g/mol. The van der Waals surface area contributed by atoms with Gasteiger partial charge in [0.15, 0.2) is 0 Å². The molecule has 0 bridgehead atoms. The highest BCUT2D eigenvalue weighted by molar-refractivity contribution is 5.97. The van der Waals surface area contributed by atoms with Crippen LogP contribution in [0.2, 0.25) is 0 Å². The lowest BCUT2D eigenvalue weighted by Gasteiger charge is -2.05. The van der Waals surface area contributed by atoms with E-state index in [4.69, 9.17) is 11.5 Å². The summed E-state index contributed by atoms with van der Waals surface area (Å²) in [5, 5.41) is 1.13. The van der Waals surface area contributed by atoms with Crippen LogP contribution in [-0.2, 0) is 6.54 Å². The van der Waals surface area contributed by atoms with Crippen LogP contribution in [0.15, 0.2) is 77.9 Å². The first-order valence-corrected chi connectivity index (χ1v) is 11.8. The second-order valence-electron chi connectivity index (χ2n) is 8.50. The van der Waals surface area contributed by atoms with Gasteiger partial charge >= 0.3 is 0 Å². The lowest BCUT2D eigenvalue weighted by Crippen LogP contribution is -2.15. The van der Waals surface area contributed by atoms with Crippen molar-refractivity contribution in [3.05, 3.63) is 100 Å². The van der Waals surface area contributed by atoms with Gasteiger partial charge in [-0.15, -0.1) is 0 Å². The first-order chi connectivity index (χ1) is 16.5. The van der Waals surface area contributed by atoms with Gasteiger partial charge in [-0.25, -0.2) is 0 Å². The first-order valence-electron chi connectivity index (χ1n) is 11.8. The maximum atomic E-state index is 11.5. The summed E-state index contributed by atoms with van der Waals surface area (Å²) in [5.41, 5.74) is 15.2. The minimum atomic E-state index is -0.394. The summed E-state index contributed by atoms with van der Waals surface area (Å²) in [4.78, 5) is 25.4. The van der Waals surface area contributed by atoms with Crippen LogP contribution >= 0.6 is 0 Å². The van der Waals surface area contributed by atoms with Crippen molar-refractivity contribution in [3.8, 4) is 5.69 Å². The third-order valence-corrected chi connectivity index (χ3v) is 5.95. The standard InChI is InChI=1S/C12H12N2O.C10H10N2O.C6H12/c13-9-10-4-6-11(7-5-10)14-8-2-1-3-12(14)15;1-6-5-12-9-4-7(10(11)13)2-3-8(6)9;1-2-4-6-5-3-1/h1-8H,9,13H2;2-5,12H,1H3,(H2,11,13);1-6H2. The molecule has 2 aromatic heterocycles. The van der Waals surface area contributed by atoms with Gasteiger partial charge in [0.05, 0.1) is 0 Å². The van der Waals surface area contributed by atoms with E-state index in [1.807, 2.05) is 49.5 Å². The van der Waals surface area contributed by atoms with Gasteiger partial charge in [-0.05, 0) is 48.4 Å². The zero-order valence-corrected chi connectivity index (χ0v) is 19.8. The molecular weight excluding hydrogens is 424 g/mol. The van der Waals surface area contributed by atoms with Crippen molar-refractivity contribution in [2.24, 2.45) is 11.5 Å². The molecule has 0 radical (unpaired) electrons. The molecule has 0 spiro atoms. The largest absolute Gasteiger partial charge is 0.366 e. The zero-order valence-electron chi connectivity index (χ0n) is 19.8. The summed E-state index contributed by atoms with van der Waals surface area (Å²) < 4.78 is 1.60. The number of benzene rings is 2. The average Bonchev–Trinajstić information content (AvgIpc) is 3.26. The highest BCUT2D eigenvalue weighted by Gasteiger charge is 2.03. The van der Waals surface area contributed by atoms with E-state index in [1.54, 1.807) is 29.0 Å². The topological polar surface area (TPSA) is 107 Å². The maximum Gasteiger partial charge on any atom is 0.255 e. The van der Waals surface area contributed by atoms with Crippen molar-refractivity contribution in [1.82, 2.24) is 9.55 Å². The predicted octanol–water partition coefficient (Wildman–Crippen LogP) is 5.21. The summed E-state index contributed by atoms with van der Waals surface area (Å²) in [6.07, 6.45) is 12.7. The highest BCUT2D eigenvalue weighted by atomic mass is 16.1. The molecule has 0 atom stereocenters. The third kappa shape index (κ3) is 6.93. The Labute approximate surface area is 200 Å². The summed E-state index contributed by atoms with van der Waals surface area (Å²) in [6, 6.07) is 18.1. The molecule has 2 aromatic carbocycles. The second-order valence-corrected chi connectivity index (χ2v) is 8.50. The molecule has 6 nitrogen and oxygen atoms in total. The summed E-state index contributed by atoms with van der Waals surface area (Å²) in [7, 11) is 0. The van der Waals surface area contributed by atoms with E-state index in [9.17, 15) is 9.59 Å². The van der Waals surface area contributed by atoms with E-state index in [-0.39, 0.29) is 5.56 Å². The zero-order chi connectivity index (χ0) is 24.3. The Kier molecular flexibility index (Phi) is 9.23. The Hall–Kier alpha value is -3.64. The fourth-order valence-electron chi connectivity index (χ4n) is 3.92. The summed E-state index contributed by atoms with van der Waals surface area (Å²) >= 11 is 0. The molecule has 1 saturated carbocycles. The van der Waals surface area contributed by atoms with Crippen LogP contribution in [0.5, 0.6) is 0 Å². The van der Waals surface area contributed by atoms with Gasteiger partial charge in [0, 0.05) is 47.2 Å². The fourth-order valence-corrected chi connectivity index (χ4v) is 3.92. The van der Waals surface area contributed by atoms with Crippen LogP contribution in [0.3, 0.4) is 0 Å². The molecule has 0 saturated heterocycles. The quantitative estimate of drug-likeness (QED) is 0.392. The lowest BCUT2D eigenvalue weighted by atomic mass is 10.0. The van der Waals surface area contributed by atoms with Crippen molar-refractivity contribution in [3.63, 3.8) is 0 Å². The van der Waals surface area contributed by atoms with Gasteiger partial charge < -0.3 is 16.5 Å². The Balaban J connectivity index is 0.000000155. The minimum absolute atomic E-state index is 0.0296. The molecule has 34 heavy (non-hydrogen) atoms. The minimum Gasteiger partial charge on any atom is -0.366 e. The number of amides is 1. The number of nitrogens with two attached hydrogens (primary N) is 2. The number of fused-ring (bicyclic) bond motifs is 1. The average molecular weight is 459 g/mol. The molecule has 5 rings (SSSR count). The molecule has 178 valence electrons. The van der Waals surface area contributed by atoms with E-state index >= 15 is 0 Å². The molecular formula is C28H34N4O2. The van der Waals surface area contributed by atoms with Gasteiger partial charge in [0.2, 0.25) is 5.91 Å². The van der Waals surface area contributed by atoms with Crippen molar-refractivity contribution in [2.45, 2.75) is 52.0 Å². The number of nitrogens with zero attached hydrogens (tertiary/aromatic N) is 1. The maximum absolute atomic E-state index is 11.5.